The number of rotatable bonds is 37. The lowest BCUT2D eigenvalue weighted by Crippen LogP contribution is -2.60. The Morgan fingerprint density at radius 2 is 1.07 bits per heavy atom. The minimum atomic E-state index is -1.58. The van der Waals surface area contributed by atoms with Crippen LogP contribution in [0.4, 0.5) is 0 Å². The first-order valence-electron chi connectivity index (χ1n) is 23.3. The molecule has 9 nitrogen and oxygen atoms in total. The first-order valence-corrected chi connectivity index (χ1v) is 23.3. The molecule has 1 heterocycles. The molecule has 0 aromatic heterocycles. The molecule has 7 atom stereocenters. The third-order valence-electron chi connectivity index (χ3n) is 10.4. The quantitative estimate of drug-likeness (QED) is 0.0268. The number of carbonyl (C=O) groups excluding carboxylic acids is 1. The fourth-order valence-corrected chi connectivity index (χ4v) is 6.71. The summed E-state index contributed by atoms with van der Waals surface area (Å²) in [6.45, 7) is 3.58. The van der Waals surface area contributed by atoms with E-state index in [0.29, 0.717) is 6.42 Å². The van der Waals surface area contributed by atoms with Gasteiger partial charge in [-0.05, 0) is 83.5 Å². The van der Waals surface area contributed by atoms with E-state index in [4.69, 9.17) is 9.47 Å². The predicted octanol–water partition coefficient (Wildman–Crippen LogP) is 9.94. The maximum atomic E-state index is 13.0. The topological polar surface area (TPSA) is 149 Å². The maximum absolute atomic E-state index is 13.0. The van der Waals surface area contributed by atoms with Gasteiger partial charge in [0.1, 0.15) is 24.4 Å². The molecule has 6 N–H and O–H groups in total. The highest BCUT2D eigenvalue weighted by atomic mass is 16.7. The van der Waals surface area contributed by atoms with Gasteiger partial charge >= 0.3 is 0 Å². The van der Waals surface area contributed by atoms with Crippen LogP contribution in [0.3, 0.4) is 0 Å². The van der Waals surface area contributed by atoms with Crippen molar-refractivity contribution in [3.8, 4) is 0 Å². The van der Waals surface area contributed by atoms with Crippen LogP contribution < -0.4 is 5.32 Å². The zero-order chi connectivity index (χ0) is 43.0. The number of amides is 1. The van der Waals surface area contributed by atoms with Gasteiger partial charge < -0.3 is 40.3 Å². The summed E-state index contributed by atoms with van der Waals surface area (Å²) in [4.78, 5) is 13.0. The van der Waals surface area contributed by atoms with Crippen molar-refractivity contribution in [2.75, 3.05) is 13.2 Å². The normalized spacial score (nSPS) is 21.5. The van der Waals surface area contributed by atoms with Crippen LogP contribution in [0.25, 0.3) is 0 Å². The summed E-state index contributed by atoms with van der Waals surface area (Å²) in [5, 5.41) is 54.1. The summed E-state index contributed by atoms with van der Waals surface area (Å²) in [6, 6.07) is -0.834. The number of ether oxygens (including phenoxy) is 2. The molecule has 0 saturated carbocycles. The van der Waals surface area contributed by atoms with Crippen molar-refractivity contribution in [3.63, 3.8) is 0 Å². The zero-order valence-electron chi connectivity index (χ0n) is 37.0. The van der Waals surface area contributed by atoms with E-state index in [9.17, 15) is 30.3 Å². The van der Waals surface area contributed by atoms with Crippen molar-refractivity contribution >= 4 is 5.91 Å². The number of hydrogen-bond acceptors (Lipinski definition) is 8. The van der Waals surface area contributed by atoms with Gasteiger partial charge in [-0.3, -0.25) is 4.79 Å². The van der Waals surface area contributed by atoms with Crippen molar-refractivity contribution in [1.29, 1.82) is 0 Å². The Kier molecular flexibility index (Phi) is 36.4. The lowest BCUT2D eigenvalue weighted by Gasteiger charge is -2.40. The Balaban J connectivity index is 2.33. The fourth-order valence-electron chi connectivity index (χ4n) is 6.71. The van der Waals surface area contributed by atoms with Crippen molar-refractivity contribution in [2.24, 2.45) is 0 Å². The van der Waals surface area contributed by atoms with Crippen molar-refractivity contribution in [2.45, 2.75) is 211 Å². The van der Waals surface area contributed by atoms with Gasteiger partial charge in [-0.15, -0.1) is 0 Å². The van der Waals surface area contributed by atoms with Gasteiger partial charge in [-0.1, -0.05) is 163 Å². The Morgan fingerprint density at radius 3 is 1.63 bits per heavy atom. The monoisotopic (exact) mass is 828 g/mol. The number of aliphatic hydroxyl groups excluding tert-OH is 5. The number of hydrogen-bond donors (Lipinski definition) is 6. The molecule has 9 heteroatoms. The van der Waals surface area contributed by atoms with E-state index in [1.807, 2.05) is 6.08 Å². The highest BCUT2D eigenvalue weighted by molar-refractivity contribution is 5.76. The molecule has 0 aromatic carbocycles. The number of unbranched alkanes of at least 4 members (excludes halogenated alkanes) is 15. The highest BCUT2D eigenvalue weighted by Crippen LogP contribution is 2.22. The number of allylic oxidation sites excluding steroid dienone is 13. The van der Waals surface area contributed by atoms with Crippen LogP contribution in [0.15, 0.2) is 85.1 Å². The van der Waals surface area contributed by atoms with Gasteiger partial charge in [-0.25, -0.2) is 0 Å². The van der Waals surface area contributed by atoms with Gasteiger partial charge in [-0.2, -0.15) is 0 Å². The average Bonchev–Trinajstić information content (AvgIpc) is 3.23. The molecule has 59 heavy (non-hydrogen) atoms. The minimum Gasteiger partial charge on any atom is -0.394 e. The summed E-state index contributed by atoms with van der Waals surface area (Å²) in [5.41, 5.74) is 0. The standard InChI is InChI=1S/C50H85NO8/c1-3-5-7-9-11-13-15-17-18-19-20-21-22-23-24-25-26-28-30-32-34-36-38-40-46(54)51-43(42-58-50-49(57)48(56)47(55)45(41-52)59-50)44(53)39-37-35-33-31-29-27-16-14-12-10-8-6-4-2/h5,7,11-14,17-18,20-21,29,31,37,39,43-45,47-50,52-53,55-57H,3-4,6,8-10,15-16,19,22-28,30,32-36,38,40-42H2,1-2H3,(H,51,54)/b7-5-,13-11-,14-12+,18-17-,21-20-,31-29+,39-37+. The van der Waals surface area contributed by atoms with Crippen LogP contribution in [0.2, 0.25) is 0 Å². The molecule has 0 radical (unpaired) electrons. The second kappa shape index (κ2) is 39.5. The first-order chi connectivity index (χ1) is 28.8. The molecule has 0 aliphatic carbocycles. The van der Waals surface area contributed by atoms with E-state index in [-0.39, 0.29) is 12.5 Å². The van der Waals surface area contributed by atoms with Crippen molar-refractivity contribution in [1.82, 2.24) is 5.32 Å². The molecule has 0 bridgehead atoms. The second-order valence-corrected chi connectivity index (χ2v) is 15.8. The van der Waals surface area contributed by atoms with Crippen LogP contribution in [0.1, 0.15) is 168 Å². The van der Waals surface area contributed by atoms with Gasteiger partial charge in [0.2, 0.25) is 5.91 Å². The fraction of sp³-hybridized carbons (Fsp3) is 0.700. The molecule has 0 aromatic rings. The molecule has 7 unspecified atom stereocenters. The van der Waals surface area contributed by atoms with Gasteiger partial charge in [0.25, 0.3) is 0 Å². The largest absolute Gasteiger partial charge is 0.394 e. The lowest BCUT2D eigenvalue weighted by molar-refractivity contribution is -0.302. The number of nitrogens with one attached hydrogen (secondary N) is 1. The third-order valence-corrected chi connectivity index (χ3v) is 10.4. The SMILES string of the molecule is CC/C=C\C/C=C\C/C=C\C/C=C\CCCCCCCCCCCCC(=O)NC(COC1OC(CO)C(O)C(O)C1O)C(O)/C=C/CC/C=C/CC/C=C/CCCCC. The summed E-state index contributed by atoms with van der Waals surface area (Å²) in [5.74, 6) is -0.201. The van der Waals surface area contributed by atoms with E-state index in [2.05, 4.69) is 92.1 Å². The second-order valence-electron chi connectivity index (χ2n) is 15.8. The number of aliphatic hydroxyl groups is 5. The van der Waals surface area contributed by atoms with Crippen LogP contribution >= 0.6 is 0 Å². The van der Waals surface area contributed by atoms with Crippen LogP contribution in [0, 0.1) is 0 Å². The summed E-state index contributed by atoms with van der Waals surface area (Å²) in [7, 11) is 0. The Bertz CT molecular complexity index is 1190. The zero-order valence-corrected chi connectivity index (χ0v) is 37.0. The molecule has 1 rings (SSSR count). The van der Waals surface area contributed by atoms with Gasteiger partial charge in [0.15, 0.2) is 6.29 Å². The van der Waals surface area contributed by atoms with Gasteiger partial charge in [0.05, 0.1) is 25.4 Å². The molecule has 1 fully saturated rings. The Labute approximate surface area is 359 Å². The molecule has 1 saturated heterocycles. The van der Waals surface area contributed by atoms with Crippen LogP contribution in [-0.2, 0) is 14.3 Å². The highest BCUT2D eigenvalue weighted by Gasteiger charge is 2.44. The predicted molar refractivity (Wildman–Crippen MR) is 244 cm³/mol. The molecule has 1 amide bonds. The van der Waals surface area contributed by atoms with E-state index >= 15 is 0 Å². The Hall–Kier alpha value is -2.63. The molecule has 1 aliphatic heterocycles. The van der Waals surface area contributed by atoms with Crippen LogP contribution in [-0.4, -0.2) is 87.5 Å². The summed E-state index contributed by atoms with van der Waals surface area (Å²) >= 11 is 0. The van der Waals surface area contributed by atoms with E-state index in [0.717, 1.165) is 89.9 Å². The molecular formula is C50H85NO8. The summed E-state index contributed by atoms with van der Waals surface area (Å²) in [6.07, 6.45) is 47.7. The van der Waals surface area contributed by atoms with E-state index < -0.39 is 49.5 Å². The minimum absolute atomic E-state index is 0.201. The smallest absolute Gasteiger partial charge is 0.220 e. The van der Waals surface area contributed by atoms with E-state index in [1.165, 1.54) is 57.8 Å². The first kappa shape index (κ1) is 54.4. The molecule has 0 spiro atoms. The lowest BCUT2D eigenvalue weighted by atomic mass is 9.99. The number of carbonyl (C=O) groups is 1. The molecule has 338 valence electrons. The maximum Gasteiger partial charge on any atom is 0.220 e. The average molecular weight is 828 g/mol. The van der Waals surface area contributed by atoms with Crippen LogP contribution in [0.5, 0.6) is 0 Å². The summed E-state index contributed by atoms with van der Waals surface area (Å²) < 4.78 is 11.2. The van der Waals surface area contributed by atoms with Crippen molar-refractivity contribution < 1.29 is 39.8 Å². The van der Waals surface area contributed by atoms with E-state index in [1.54, 1.807) is 6.08 Å². The van der Waals surface area contributed by atoms with Gasteiger partial charge in [0, 0.05) is 6.42 Å². The third kappa shape index (κ3) is 30.1. The Morgan fingerprint density at radius 1 is 0.593 bits per heavy atom. The molecule has 1 aliphatic rings. The molecular weight excluding hydrogens is 743 g/mol. The van der Waals surface area contributed by atoms with Crippen molar-refractivity contribution in [3.05, 3.63) is 85.1 Å².